The topological polar surface area (TPSA) is 116 Å². The van der Waals surface area contributed by atoms with Gasteiger partial charge in [-0.1, -0.05) is 0 Å². The molecule has 124 valence electrons. The molecule has 0 saturated heterocycles. The lowest BCUT2D eigenvalue weighted by Gasteiger charge is -2.27. The summed E-state index contributed by atoms with van der Waals surface area (Å²) in [6, 6.07) is -0.144. The SMILES string of the molecule is O=C(N[C@@H]1CC[C@H](C(=O)O)C1)C1=CN2CCS(=O)(=O)N=C2C=C1. The molecule has 1 amide bonds. The molecule has 2 heterocycles. The first-order valence-electron chi connectivity index (χ1n) is 7.37. The monoisotopic (exact) mass is 339 g/mol. The van der Waals surface area contributed by atoms with Crippen LogP contribution in [-0.4, -0.2) is 54.5 Å². The molecule has 9 heteroatoms. The lowest BCUT2D eigenvalue weighted by molar-refractivity contribution is -0.141. The zero-order valence-electron chi connectivity index (χ0n) is 12.3. The summed E-state index contributed by atoms with van der Waals surface area (Å²) in [5.41, 5.74) is 0.405. The van der Waals surface area contributed by atoms with Crippen LogP contribution in [0.15, 0.2) is 28.3 Å². The Morgan fingerprint density at radius 1 is 1.30 bits per heavy atom. The Balaban J connectivity index is 1.65. The molecule has 0 aromatic carbocycles. The van der Waals surface area contributed by atoms with E-state index in [0.717, 1.165) is 0 Å². The quantitative estimate of drug-likeness (QED) is 0.739. The van der Waals surface area contributed by atoms with Gasteiger partial charge in [0, 0.05) is 18.8 Å². The van der Waals surface area contributed by atoms with Crippen molar-refractivity contribution in [2.45, 2.75) is 25.3 Å². The van der Waals surface area contributed by atoms with Crippen molar-refractivity contribution in [3.05, 3.63) is 23.9 Å². The minimum atomic E-state index is -3.41. The Kier molecular flexibility index (Phi) is 3.97. The van der Waals surface area contributed by atoms with Gasteiger partial charge in [-0.15, -0.1) is 4.40 Å². The summed E-state index contributed by atoms with van der Waals surface area (Å²) < 4.78 is 26.5. The predicted molar refractivity (Wildman–Crippen MR) is 82.1 cm³/mol. The van der Waals surface area contributed by atoms with Crippen molar-refractivity contribution >= 4 is 27.7 Å². The molecule has 1 saturated carbocycles. The smallest absolute Gasteiger partial charge is 0.306 e. The molecule has 3 aliphatic rings. The number of fused-ring (bicyclic) bond motifs is 1. The highest BCUT2D eigenvalue weighted by Crippen LogP contribution is 2.26. The fourth-order valence-electron chi connectivity index (χ4n) is 2.94. The van der Waals surface area contributed by atoms with Gasteiger partial charge in [-0.2, -0.15) is 0 Å². The second-order valence-corrected chi connectivity index (χ2v) is 7.62. The number of aliphatic carboxylic acids is 1. The van der Waals surface area contributed by atoms with Crippen molar-refractivity contribution in [2.75, 3.05) is 12.3 Å². The van der Waals surface area contributed by atoms with Crippen molar-refractivity contribution in [3.63, 3.8) is 0 Å². The standard InChI is InChI=1S/C14H17N3O5S/c18-13(15-11-3-1-9(7-11)14(19)20)10-2-4-12-16-23(21,22)6-5-17(12)8-10/h2,4,8-9,11H,1,3,5-7H2,(H,15,18)(H,19,20)/t9-,11+/m0/s1. The fourth-order valence-corrected chi connectivity index (χ4v) is 3.91. The molecule has 0 bridgehead atoms. The van der Waals surface area contributed by atoms with E-state index in [0.29, 0.717) is 30.7 Å². The molecule has 0 aromatic rings. The van der Waals surface area contributed by atoms with Crippen LogP contribution < -0.4 is 5.32 Å². The Morgan fingerprint density at radius 3 is 2.78 bits per heavy atom. The molecule has 1 fully saturated rings. The van der Waals surface area contributed by atoms with Crippen molar-refractivity contribution < 1.29 is 23.1 Å². The maximum absolute atomic E-state index is 12.3. The van der Waals surface area contributed by atoms with Gasteiger partial charge in [0.2, 0.25) is 0 Å². The maximum Gasteiger partial charge on any atom is 0.306 e. The molecule has 0 spiro atoms. The number of carbonyl (C=O) groups is 2. The van der Waals surface area contributed by atoms with Crippen molar-refractivity contribution in [1.29, 1.82) is 0 Å². The molecule has 2 N–H and O–H groups in total. The molecule has 0 aromatic heterocycles. The van der Waals surface area contributed by atoms with Gasteiger partial charge in [0.15, 0.2) is 0 Å². The highest BCUT2D eigenvalue weighted by molar-refractivity contribution is 7.90. The minimum Gasteiger partial charge on any atom is -0.481 e. The Hall–Kier alpha value is -2.16. The van der Waals surface area contributed by atoms with Crippen LogP contribution in [0.4, 0.5) is 0 Å². The van der Waals surface area contributed by atoms with Crippen LogP contribution in [0.1, 0.15) is 19.3 Å². The molecule has 8 nitrogen and oxygen atoms in total. The number of nitrogens with one attached hydrogen (secondary N) is 1. The highest BCUT2D eigenvalue weighted by Gasteiger charge is 2.31. The second kappa shape index (κ2) is 5.80. The van der Waals surface area contributed by atoms with Crippen LogP contribution in [0.5, 0.6) is 0 Å². The van der Waals surface area contributed by atoms with Crippen molar-refractivity contribution in [1.82, 2.24) is 10.2 Å². The summed E-state index contributed by atoms with van der Waals surface area (Å²) in [7, 11) is -3.41. The number of hydrogen-bond donors (Lipinski definition) is 2. The van der Waals surface area contributed by atoms with Gasteiger partial charge >= 0.3 is 5.97 Å². The fraction of sp³-hybridized carbons (Fsp3) is 0.500. The minimum absolute atomic E-state index is 0.0847. The van der Waals surface area contributed by atoms with Gasteiger partial charge in [-0.25, -0.2) is 8.42 Å². The average molecular weight is 339 g/mol. The number of carboxylic acids is 1. The summed E-state index contributed by atoms with van der Waals surface area (Å²) in [6.45, 7) is 0.257. The summed E-state index contributed by atoms with van der Waals surface area (Å²) in [4.78, 5) is 24.8. The number of amidine groups is 1. The van der Waals surface area contributed by atoms with E-state index >= 15 is 0 Å². The van der Waals surface area contributed by atoms with E-state index in [1.807, 2.05) is 0 Å². The highest BCUT2D eigenvalue weighted by atomic mass is 32.2. The lowest BCUT2D eigenvalue weighted by Crippen LogP contribution is -2.39. The van der Waals surface area contributed by atoms with E-state index in [4.69, 9.17) is 5.11 Å². The maximum atomic E-state index is 12.3. The summed E-state index contributed by atoms with van der Waals surface area (Å²) in [6.07, 6.45) is 6.25. The molecular weight excluding hydrogens is 322 g/mol. The third kappa shape index (κ3) is 3.44. The van der Waals surface area contributed by atoms with Crippen molar-refractivity contribution in [3.8, 4) is 0 Å². The van der Waals surface area contributed by atoms with Crippen LogP contribution in [0, 0.1) is 5.92 Å². The summed E-state index contributed by atoms with van der Waals surface area (Å²) in [5, 5.41) is 11.8. The number of hydrogen-bond acceptors (Lipinski definition) is 5. The van der Waals surface area contributed by atoms with Gasteiger partial charge < -0.3 is 15.3 Å². The Labute approximate surface area is 133 Å². The second-order valence-electron chi connectivity index (χ2n) is 5.87. The van der Waals surface area contributed by atoms with Crippen LogP contribution in [0.3, 0.4) is 0 Å². The largest absolute Gasteiger partial charge is 0.481 e. The Bertz CT molecular complexity index is 738. The molecular formula is C14H17N3O5S. The van der Waals surface area contributed by atoms with Gasteiger partial charge in [-0.05, 0) is 31.4 Å². The molecule has 23 heavy (non-hydrogen) atoms. The average Bonchev–Trinajstić information content (AvgIpc) is 2.94. The molecule has 0 radical (unpaired) electrons. The molecule has 0 unspecified atom stereocenters. The third-order valence-electron chi connectivity index (χ3n) is 4.20. The number of rotatable bonds is 3. The van der Waals surface area contributed by atoms with E-state index < -0.39 is 21.9 Å². The van der Waals surface area contributed by atoms with Gasteiger partial charge in [0.1, 0.15) is 5.84 Å². The van der Waals surface area contributed by atoms with Gasteiger partial charge in [-0.3, -0.25) is 9.59 Å². The van der Waals surface area contributed by atoms with Crippen LogP contribution in [0.2, 0.25) is 0 Å². The normalized spacial score (nSPS) is 28.6. The van der Waals surface area contributed by atoms with E-state index in [1.165, 1.54) is 12.2 Å². The van der Waals surface area contributed by atoms with E-state index in [9.17, 15) is 18.0 Å². The lowest BCUT2D eigenvalue weighted by atomic mass is 10.1. The number of carboxylic acid groups (broad SMARTS) is 1. The first-order valence-corrected chi connectivity index (χ1v) is 8.98. The molecule has 3 rings (SSSR count). The van der Waals surface area contributed by atoms with E-state index in [-0.39, 0.29) is 24.2 Å². The van der Waals surface area contributed by atoms with Crippen LogP contribution in [-0.2, 0) is 19.6 Å². The number of amides is 1. The Morgan fingerprint density at radius 2 is 2.09 bits per heavy atom. The van der Waals surface area contributed by atoms with Crippen LogP contribution in [0.25, 0.3) is 0 Å². The third-order valence-corrected chi connectivity index (χ3v) is 5.37. The van der Waals surface area contributed by atoms with Crippen LogP contribution >= 0.6 is 0 Å². The number of sulfonamides is 1. The molecule has 2 atom stereocenters. The zero-order chi connectivity index (χ0) is 16.6. The van der Waals surface area contributed by atoms with Gasteiger partial charge in [0.25, 0.3) is 15.9 Å². The predicted octanol–water partition coefficient (Wildman–Crippen LogP) is -0.146. The summed E-state index contributed by atoms with van der Waals surface area (Å²) in [5.74, 6) is -1.29. The molecule has 2 aliphatic heterocycles. The number of nitrogens with zero attached hydrogens (tertiary/aromatic N) is 2. The first-order chi connectivity index (χ1) is 10.8. The number of carbonyl (C=O) groups excluding carboxylic acids is 1. The zero-order valence-corrected chi connectivity index (χ0v) is 13.1. The molecule has 1 aliphatic carbocycles. The van der Waals surface area contributed by atoms with E-state index in [1.54, 1.807) is 11.1 Å². The summed E-state index contributed by atoms with van der Waals surface area (Å²) >= 11 is 0. The first kappa shape index (κ1) is 15.7. The van der Waals surface area contributed by atoms with Crippen molar-refractivity contribution in [2.24, 2.45) is 10.3 Å². The van der Waals surface area contributed by atoms with E-state index in [2.05, 4.69) is 9.71 Å². The van der Waals surface area contributed by atoms with Gasteiger partial charge in [0.05, 0.1) is 17.2 Å².